The Morgan fingerprint density at radius 3 is 2.32 bits per heavy atom. The Morgan fingerprint density at radius 2 is 1.64 bits per heavy atom. The lowest BCUT2D eigenvalue weighted by atomic mass is 10.1. The van der Waals surface area contributed by atoms with Crippen molar-refractivity contribution in [3.05, 3.63) is 52.0 Å². The number of benzene rings is 2. The summed E-state index contributed by atoms with van der Waals surface area (Å²) in [5, 5.41) is 9.45. The maximum atomic E-state index is 12.1. The lowest BCUT2D eigenvalue weighted by Gasteiger charge is -2.12. The lowest BCUT2D eigenvalue weighted by Crippen LogP contribution is -2.22. The molecule has 25 heavy (non-hydrogen) atoms. The van der Waals surface area contributed by atoms with Gasteiger partial charge < -0.3 is 16.0 Å². The molecule has 3 N–H and O–H groups in total. The molecular formula is C18H19Cl2N3O2. The van der Waals surface area contributed by atoms with Crippen LogP contribution in [0.5, 0.6) is 0 Å². The van der Waals surface area contributed by atoms with E-state index >= 15 is 0 Å². The first-order valence-electron chi connectivity index (χ1n) is 7.78. The molecule has 2 amide bonds. The molecule has 0 radical (unpaired) electrons. The van der Waals surface area contributed by atoms with Gasteiger partial charge in [0.1, 0.15) is 0 Å². The number of carbonyl (C=O) groups is 2. The number of aryl methyl sites for hydroxylation is 1. The minimum atomic E-state index is -0.220. The number of hydrogen-bond donors (Lipinski definition) is 3. The summed E-state index contributed by atoms with van der Waals surface area (Å²) in [4.78, 5) is 23.6. The molecule has 0 aliphatic heterocycles. The highest BCUT2D eigenvalue weighted by atomic mass is 35.5. The van der Waals surface area contributed by atoms with E-state index in [2.05, 4.69) is 16.0 Å². The van der Waals surface area contributed by atoms with Crippen LogP contribution in [0.4, 0.5) is 17.1 Å². The van der Waals surface area contributed by atoms with E-state index < -0.39 is 0 Å². The van der Waals surface area contributed by atoms with Crippen LogP contribution in [0.25, 0.3) is 0 Å². The van der Waals surface area contributed by atoms with Gasteiger partial charge in [0, 0.05) is 23.5 Å². The Kier molecular flexibility index (Phi) is 6.67. The molecule has 0 aliphatic rings. The molecule has 0 heterocycles. The summed E-state index contributed by atoms with van der Waals surface area (Å²) >= 11 is 11.8. The van der Waals surface area contributed by atoms with Gasteiger partial charge in [0.15, 0.2) is 0 Å². The second kappa shape index (κ2) is 8.74. The number of carbonyl (C=O) groups excluding carboxylic acids is 2. The largest absolute Gasteiger partial charge is 0.376 e. The molecule has 132 valence electrons. The highest BCUT2D eigenvalue weighted by molar-refractivity contribution is 6.42. The first-order chi connectivity index (χ1) is 11.9. The first kappa shape index (κ1) is 19.1. The highest BCUT2D eigenvalue weighted by Gasteiger charge is 2.07. The van der Waals surface area contributed by atoms with Gasteiger partial charge in [-0.1, -0.05) is 36.2 Å². The molecule has 2 aromatic carbocycles. The molecular weight excluding hydrogens is 361 g/mol. The van der Waals surface area contributed by atoms with Gasteiger partial charge >= 0.3 is 0 Å². The zero-order valence-electron chi connectivity index (χ0n) is 14.0. The fourth-order valence-electron chi connectivity index (χ4n) is 2.07. The number of amides is 2. The second-order valence-electron chi connectivity index (χ2n) is 5.46. The summed E-state index contributed by atoms with van der Waals surface area (Å²) in [6, 6.07) is 10.4. The zero-order chi connectivity index (χ0) is 18.4. The predicted octanol–water partition coefficient (Wildman–Crippen LogP) is 4.70. The molecule has 5 nitrogen and oxygen atoms in total. The number of anilines is 3. The summed E-state index contributed by atoms with van der Waals surface area (Å²) in [5.41, 5.74) is 2.91. The van der Waals surface area contributed by atoms with Gasteiger partial charge in [0.2, 0.25) is 11.8 Å². The van der Waals surface area contributed by atoms with E-state index in [0.717, 1.165) is 5.56 Å². The van der Waals surface area contributed by atoms with Gasteiger partial charge in [-0.15, -0.1) is 0 Å². The summed E-state index contributed by atoms with van der Waals surface area (Å²) in [7, 11) is 0. The van der Waals surface area contributed by atoms with E-state index in [9.17, 15) is 9.59 Å². The minimum Gasteiger partial charge on any atom is -0.376 e. The maximum absolute atomic E-state index is 12.1. The van der Waals surface area contributed by atoms with Crippen molar-refractivity contribution in [2.24, 2.45) is 0 Å². The summed E-state index contributed by atoms with van der Waals surface area (Å²) in [6.07, 6.45) is 0.392. The molecule has 0 aliphatic carbocycles. The van der Waals surface area contributed by atoms with Crippen molar-refractivity contribution in [2.45, 2.75) is 20.3 Å². The van der Waals surface area contributed by atoms with Crippen LogP contribution in [-0.4, -0.2) is 18.4 Å². The molecule has 0 fully saturated rings. The van der Waals surface area contributed by atoms with E-state index in [1.165, 1.54) is 0 Å². The van der Waals surface area contributed by atoms with Crippen molar-refractivity contribution >= 4 is 52.1 Å². The van der Waals surface area contributed by atoms with Crippen molar-refractivity contribution in [3.8, 4) is 0 Å². The van der Waals surface area contributed by atoms with Crippen LogP contribution in [0.15, 0.2) is 36.4 Å². The number of halogens is 2. The van der Waals surface area contributed by atoms with Gasteiger partial charge in [-0.05, 0) is 42.8 Å². The van der Waals surface area contributed by atoms with E-state index in [0.29, 0.717) is 33.5 Å². The van der Waals surface area contributed by atoms with E-state index in [1.54, 1.807) is 37.3 Å². The van der Waals surface area contributed by atoms with Crippen LogP contribution in [0.2, 0.25) is 10.0 Å². The average molecular weight is 380 g/mol. The highest BCUT2D eigenvalue weighted by Crippen LogP contribution is 2.25. The van der Waals surface area contributed by atoms with Crippen molar-refractivity contribution in [3.63, 3.8) is 0 Å². The predicted molar refractivity (Wildman–Crippen MR) is 104 cm³/mol. The molecule has 0 aromatic heterocycles. The SMILES string of the molecule is CCC(=O)Nc1cc(NC(=O)CNc2ccc(Cl)c(Cl)c2)ccc1C. The van der Waals surface area contributed by atoms with Crippen LogP contribution < -0.4 is 16.0 Å². The normalized spacial score (nSPS) is 10.2. The molecule has 0 unspecified atom stereocenters. The topological polar surface area (TPSA) is 70.2 Å². The quantitative estimate of drug-likeness (QED) is 0.680. The molecule has 0 atom stereocenters. The van der Waals surface area contributed by atoms with Crippen molar-refractivity contribution in [1.82, 2.24) is 0 Å². The Balaban J connectivity index is 1.96. The third-order valence-electron chi connectivity index (χ3n) is 3.49. The summed E-state index contributed by atoms with van der Waals surface area (Å²) in [5.74, 6) is -0.296. The van der Waals surface area contributed by atoms with Gasteiger partial charge in [0.05, 0.1) is 16.6 Å². The third kappa shape index (κ3) is 5.66. The minimum absolute atomic E-state index is 0.0719. The molecule has 0 saturated heterocycles. The Bertz CT molecular complexity index is 794. The van der Waals surface area contributed by atoms with E-state index in [1.807, 2.05) is 13.0 Å². The Hall–Kier alpha value is -2.24. The van der Waals surface area contributed by atoms with Crippen molar-refractivity contribution in [2.75, 3.05) is 22.5 Å². The second-order valence-corrected chi connectivity index (χ2v) is 6.28. The Labute approximate surface area is 156 Å². The molecule has 0 saturated carbocycles. The standard InChI is InChI=1S/C18H19Cl2N3O2/c1-3-17(24)23-16-9-13(5-4-11(16)2)22-18(25)10-21-12-6-7-14(19)15(20)8-12/h4-9,21H,3,10H2,1-2H3,(H,22,25)(H,23,24). The van der Waals surface area contributed by atoms with Crippen LogP contribution >= 0.6 is 23.2 Å². The fraction of sp³-hybridized carbons (Fsp3) is 0.222. The molecule has 2 rings (SSSR count). The number of nitrogens with one attached hydrogen (secondary N) is 3. The molecule has 2 aromatic rings. The van der Waals surface area contributed by atoms with Crippen molar-refractivity contribution in [1.29, 1.82) is 0 Å². The van der Waals surface area contributed by atoms with Crippen LogP contribution in [0.1, 0.15) is 18.9 Å². The van der Waals surface area contributed by atoms with E-state index in [-0.39, 0.29) is 18.4 Å². The molecule has 7 heteroatoms. The van der Waals surface area contributed by atoms with E-state index in [4.69, 9.17) is 23.2 Å². The van der Waals surface area contributed by atoms with Crippen LogP contribution in [0, 0.1) is 6.92 Å². The fourth-order valence-corrected chi connectivity index (χ4v) is 2.36. The van der Waals surface area contributed by atoms with Crippen LogP contribution in [0.3, 0.4) is 0 Å². The smallest absolute Gasteiger partial charge is 0.243 e. The molecule has 0 spiro atoms. The molecule has 0 bridgehead atoms. The summed E-state index contributed by atoms with van der Waals surface area (Å²) < 4.78 is 0. The first-order valence-corrected chi connectivity index (χ1v) is 8.54. The van der Waals surface area contributed by atoms with Gasteiger partial charge in [0.25, 0.3) is 0 Å². The van der Waals surface area contributed by atoms with Gasteiger partial charge in [-0.2, -0.15) is 0 Å². The monoisotopic (exact) mass is 379 g/mol. The van der Waals surface area contributed by atoms with Crippen LogP contribution in [-0.2, 0) is 9.59 Å². The van der Waals surface area contributed by atoms with Gasteiger partial charge in [-0.25, -0.2) is 0 Å². The van der Waals surface area contributed by atoms with Gasteiger partial charge in [-0.3, -0.25) is 9.59 Å². The lowest BCUT2D eigenvalue weighted by molar-refractivity contribution is -0.116. The average Bonchev–Trinajstić information content (AvgIpc) is 2.58. The maximum Gasteiger partial charge on any atom is 0.243 e. The zero-order valence-corrected chi connectivity index (χ0v) is 15.5. The number of rotatable bonds is 6. The number of hydrogen-bond acceptors (Lipinski definition) is 3. The Morgan fingerprint density at radius 1 is 0.920 bits per heavy atom. The van der Waals surface area contributed by atoms with Crippen molar-refractivity contribution < 1.29 is 9.59 Å². The third-order valence-corrected chi connectivity index (χ3v) is 4.23. The summed E-state index contributed by atoms with van der Waals surface area (Å²) in [6.45, 7) is 3.75.